The summed E-state index contributed by atoms with van der Waals surface area (Å²) in [7, 11) is 39.4. The Morgan fingerprint density at radius 1 is 0.411 bits per heavy atom. The predicted molar refractivity (Wildman–Crippen MR) is 670 cm³/mol. The van der Waals surface area contributed by atoms with Gasteiger partial charge in [-0.05, 0) is 129 Å². The Balaban J connectivity index is 0.000000133. The van der Waals surface area contributed by atoms with E-state index in [4.69, 9.17) is 55.6 Å². The Labute approximate surface area is 955 Å². The summed E-state index contributed by atoms with van der Waals surface area (Å²) in [4.78, 5) is 96.2. The molecule has 146 heavy (non-hydrogen) atoms. The number of nitrogens with zero attached hydrogens (tertiary/aromatic N) is 9. The fourth-order valence-electron chi connectivity index (χ4n) is 21.5. The number of hydrogen-bond acceptors (Lipinski definition) is 22. The van der Waals surface area contributed by atoms with Crippen molar-refractivity contribution < 1.29 is 54.0 Å². The number of aromatic amines is 1. The first-order chi connectivity index (χ1) is 69.8. The van der Waals surface area contributed by atoms with Crippen molar-refractivity contribution in [2.75, 3.05) is 34.7 Å². The van der Waals surface area contributed by atoms with Crippen LogP contribution in [0.3, 0.4) is 0 Å². The lowest BCUT2D eigenvalue weighted by molar-refractivity contribution is -0.158. The predicted octanol–water partition coefficient (Wildman–Crippen LogP) is 13.9. The number of thiol groups is 2. The van der Waals surface area contributed by atoms with Crippen molar-refractivity contribution >= 4 is 425 Å². The molecule has 57 heteroatoms. The van der Waals surface area contributed by atoms with Crippen LogP contribution in [0.15, 0.2) is 265 Å². The average Bonchev–Trinajstić information content (AvgIpc) is 1.48. The van der Waals surface area contributed by atoms with Crippen molar-refractivity contribution in [3.05, 3.63) is 299 Å². The molecule has 4 bridgehead atoms. The second-order valence-electron chi connectivity index (χ2n) is 32.9. The molecule has 766 valence electrons. The highest BCUT2D eigenvalue weighted by Crippen LogP contribution is 2.73. The number of piperazine rings is 3. The van der Waals surface area contributed by atoms with E-state index in [-0.39, 0.29) is 60.6 Å². The summed E-state index contributed by atoms with van der Waals surface area (Å²) in [5.74, 6) is -1.34. The molecule has 13 aliphatic heterocycles. The minimum Gasteiger partial charge on any atom is -0.361 e. The molecule has 14 heterocycles. The largest absolute Gasteiger partial charge is 0.361 e. The molecule has 2 spiro atoms. The van der Waals surface area contributed by atoms with Crippen LogP contribution in [0.4, 0.5) is 22.7 Å². The van der Waals surface area contributed by atoms with Crippen LogP contribution in [0.25, 0.3) is 22.0 Å². The Hall–Kier alpha value is -4.37. The van der Waals surface area contributed by atoms with Gasteiger partial charge in [-0.15, -0.1) is 25.3 Å². The third-order valence-corrected chi connectivity index (χ3v) is 86.3. The van der Waals surface area contributed by atoms with Crippen LogP contribution in [0, 0.1) is 0 Å². The number of allylic oxidation sites excluding steroid dienone is 2. The van der Waals surface area contributed by atoms with Crippen LogP contribution in [0.5, 0.6) is 0 Å². The van der Waals surface area contributed by atoms with Crippen molar-refractivity contribution in [1.29, 1.82) is 0 Å². The van der Waals surface area contributed by atoms with E-state index in [9.17, 15) is 45.6 Å². The lowest BCUT2D eigenvalue weighted by atomic mass is 9.70. The van der Waals surface area contributed by atoms with Gasteiger partial charge in [0.1, 0.15) is 22.0 Å². The summed E-state index contributed by atoms with van der Waals surface area (Å²) in [6.07, 6.45) is 6.16. The molecule has 0 radical (unpaired) electrons. The lowest BCUT2D eigenvalue weighted by Gasteiger charge is -2.53. The highest BCUT2D eigenvalue weighted by molar-refractivity contribution is 8.79. The third kappa shape index (κ3) is 19.6. The first-order valence-electron chi connectivity index (χ1n) is 42.2. The average molecular weight is 2600 g/mol. The van der Waals surface area contributed by atoms with E-state index in [1.807, 2.05) is 170 Å². The van der Waals surface area contributed by atoms with Gasteiger partial charge in [0.25, 0.3) is 55.5 Å². The van der Waals surface area contributed by atoms with E-state index in [0.717, 1.165) is 77.9 Å². The van der Waals surface area contributed by atoms with Crippen molar-refractivity contribution in [2.45, 2.75) is 122 Å². The molecule has 12 atom stereocenters. The quantitative estimate of drug-likeness (QED) is 0.0726. The van der Waals surface area contributed by atoms with Crippen molar-refractivity contribution in [3.63, 3.8) is 0 Å². The number of amides is 6. The molecule has 1 aromatic heterocycles. The smallest absolute Gasteiger partial charge is 0.335 e. The van der Waals surface area contributed by atoms with Crippen LogP contribution < -0.4 is 13.5 Å². The molecule has 6 amide bonds. The molecule has 25 rings (SSSR count). The number of para-hydroxylation sites is 5. The maximum absolute atomic E-state index is 14.5. The molecule has 2 aliphatic carbocycles. The van der Waals surface area contributed by atoms with Crippen molar-refractivity contribution in [2.24, 2.45) is 0 Å². The number of carbonyl (C=O) groups is 6. The normalized spacial score (nSPS) is 25.0. The Kier molecular flexibility index (Phi) is 36.9. The molecule has 10 aromatic rings. The van der Waals surface area contributed by atoms with Gasteiger partial charge in [-0.25, -0.2) is 25.4 Å². The minimum absolute atomic E-state index is 0. The number of H-pyrrole nitrogens is 1. The number of rotatable bonds is 8. The Morgan fingerprint density at radius 3 is 1.29 bits per heavy atom. The fourth-order valence-corrected chi connectivity index (χ4v) is 90.1. The maximum atomic E-state index is 14.5. The number of aromatic nitrogens is 1. The third-order valence-electron chi connectivity index (χ3n) is 26.5. The Bertz CT molecular complexity index is 8520. The fraction of sp³-hybridized carbons (Fsp3) is 0.247. The number of benzene rings is 9. The first-order valence-corrected chi connectivity index (χ1v) is 83.0. The summed E-state index contributed by atoms with van der Waals surface area (Å²) in [5.41, 5.74) is 11.5. The maximum Gasteiger partial charge on any atom is 0.335 e. The summed E-state index contributed by atoms with van der Waals surface area (Å²) in [5, 5.41) is -1.34. The highest BCUT2D eigenvalue weighted by atomic mass is 33.5. The van der Waals surface area contributed by atoms with Crippen LogP contribution in [-0.4, -0.2) is 169 Å². The van der Waals surface area contributed by atoms with E-state index in [2.05, 4.69) is 102 Å². The summed E-state index contributed by atoms with van der Waals surface area (Å²) in [6, 6.07) is 74.5. The van der Waals surface area contributed by atoms with Gasteiger partial charge >= 0.3 is 11.6 Å². The molecule has 1 N–H and O–H groups in total. The number of likely N-dealkylation sites (N-methyl/N-ethyl adjacent to an activating group) is 3. The lowest BCUT2D eigenvalue weighted by Crippen LogP contribution is -2.72. The number of carbonyl (C=O) groups excluding carboxylic acids is 6. The highest BCUT2D eigenvalue weighted by Gasteiger charge is 2.80. The molecule has 0 saturated carbocycles. The van der Waals surface area contributed by atoms with E-state index in [0.29, 0.717) is 40.6 Å². The molecule has 12 unspecified atom stereocenters. The topological polar surface area (TPSA) is 250 Å². The van der Waals surface area contributed by atoms with Crippen LogP contribution in [0.2, 0.25) is 0 Å². The van der Waals surface area contributed by atoms with Gasteiger partial charge in [0, 0.05) is 296 Å². The molecule has 10 fully saturated rings. The van der Waals surface area contributed by atoms with E-state index in [1.165, 1.54) is 93.2 Å². The molecular formula is C89H78N10O12S35. The molecule has 9 aromatic carbocycles. The minimum atomic E-state index is -4.17. The zero-order valence-electron chi connectivity index (χ0n) is 73.5. The molecule has 22 nitrogen and oxygen atoms in total. The Morgan fingerprint density at radius 2 is 0.795 bits per heavy atom. The number of hydrogen-bond donors (Lipinski definition) is 3. The molecule has 15 aliphatic rings. The van der Waals surface area contributed by atoms with E-state index in [1.54, 1.807) is 221 Å². The number of sulfonamides is 2. The van der Waals surface area contributed by atoms with Gasteiger partial charge in [0.2, 0.25) is 0 Å². The van der Waals surface area contributed by atoms with E-state index >= 15 is 0 Å². The zero-order valence-corrected chi connectivity index (χ0v) is 102. The monoisotopic (exact) mass is 2600 g/mol. The van der Waals surface area contributed by atoms with Gasteiger partial charge in [-0.2, -0.15) is 8.42 Å². The summed E-state index contributed by atoms with van der Waals surface area (Å²) >= 11 is 26.7. The van der Waals surface area contributed by atoms with Crippen molar-refractivity contribution in [1.82, 2.24) is 34.4 Å². The molecule has 10 saturated heterocycles. The number of anilines is 4. The number of nitrogens with one attached hydrogen (secondary N) is 1. The second-order valence-corrected chi connectivity index (χ2v) is 84.7. The second kappa shape index (κ2) is 47.7. The van der Waals surface area contributed by atoms with Gasteiger partial charge < -0.3 is 24.6 Å². The van der Waals surface area contributed by atoms with Crippen LogP contribution in [0.1, 0.15) is 78.6 Å². The van der Waals surface area contributed by atoms with Crippen LogP contribution >= 0.6 is 82.6 Å². The molecular weight excluding hydrogens is 2520 g/mol. The first kappa shape index (κ1) is 113. The van der Waals surface area contributed by atoms with Gasteiger partial charge in [0.05, 0.1) is 37.4 Å². The van der Waals surface area contributed by atoms with Crippen molar-refractivity contribution in [3.8, 4) is 0 Å². The number of fused-ring (bicyclic) bond motifs is 19. The zero-order chi connectivity index (χ0) is 101. The van der Waals surface area contributed by atoms with E-state index < -0.39 is 103 Å². The number of thioether (sulfide) groups is 2. The summed E-state index contributed by atoms with van der Waals surface area (Å²) in [6.45, 7) is 0. The number of thiocarbonyl (C=S) groups is 1. The van der Waals surface area contributed by atoms with Gasteiger partial charge in [-0.1, -0.05) is 260 Å². The van der Waals surface area contributed by atoms with Crippen LogP contribution in [-0.2, 0) is 316 Å². The van der Waals surface area contributed by atoms with Gasteiger partial charge in [0.15, 0.2) is 30.7 Å². The SMILES string of the molecule is C.C.CN1C(=O)C2(S)CC3(C4=CCc5ccccc54)c4ccccc4N(S(=O)(=O)c4ccccc4)C3N2C(=O)C1S.CN1C(=O)C23CC4(C5=CCc6ccccc65)c5ccccc5N(S(=O)(=O)c5ccccc5)C4N2C(=O)C1SS3.CN1C(=O)C23CC4(c5c[nH]c6ccccc56)c5ccccc5N(c5ccccc5)C4N2C(=O)C1SC(=S)S3.O=S=O.S=S=S=S=S=S=S=S=S=S=S=S=S=S=S=S=S=S=S=S=S=S=S=S=S. The summed E-state index contributed by atoms with van der Waals surface area (Å²) < 4.78 is 78.0. The standard InChI is InChI=1S/C29H22N4O2S3.C29H23N3O4S3.C29H25N3O4S3.2CH4.O2S.S25/c1-31-24-23(34)33-25-28(16-29(33,26(31)35)38-27(36)37-24,20-15-30-21-13-7-5-11-18(20)21)19-12-6-8-14-22(19)32(25)17-9-3-2-4-10-17;1-30-25-24(33)31-26-28(17-29(31,27(30)34)38-37-25,21-16-15-18-9-5-6-12-20(18)21)22-13-7-8-14-23(22)32(26)39(35,36)19-10-3-2-4-11-19;1-30-25(37)24(33)31-26-28(17-29(31,38)27(30)34,21-16-15-18-9-5-6-12-20(18)21)22-13-7-8-14-23(22)32(26)39(35,36)19-10-3-2-4-11-19;;;1-3-2;1-3-5-7-9-11-13-15-17-19-21-23-25-24-22-20-18-16-14-12-10-8-6-4-2/h2-15,24-25,30H,16H2,1H3;2-14,16,25-26H,15,17H2,1H3;2-14,16,25-26,37-38H,15,17H2,1H3;2*1H4;;. The van der Waals surface area contributed by atoms with Gasteiger partial charge in [-0.3, -0.25) is 43.5 Å².